The molecule has 3 atom stereocenters. The van der Waals surface area contributed by atoms with Gasteiger partial charge in [-0.1, -0.05) is 31.5 Å². The van der Waals surface area contributed by atoms with Crippen LogP contribution in [-0.4, -0.2) is 59.4 Å². The molecule has 1 fully saturated rings. The van der Waals surface area contributed by atoms with Crippen LogP contribution in [0.15, 0.2) is 24.3 Å². The zero-order chi connectivity index (χ0) is 20.8. The molecule has 1 aliphatic rings. The number of ether oxygens (including phenoxy) is 1. The smallest absolute Gasteiger partial charge is 0.326 e. The van der Waals surface area contributed by atoms with E-state index in [9.17, 15) is 19.5 Å². The average molecular weight is 390 g/mol. The number of rotatable bonds is 8. The van der Waals surface area contributed by atoms with Crippen LogP contribution >= 0.6 is 0 Å². The summed E-state index contributed by atoms with van der Waals surface area (Å²) in [5.74, 6) is -1.20. The number of carbonyl (C=O) groups is 3. The third-order valence-corrected chi connectivity index (χ3v) is 5.52. The Balaban J connectivity index is 2.48. The predicted octanol–water partition coefficient (Wildman–Crippen LogP) is 2.71. The van der Waals surface area contributed by atoms with Crippen molar-refractivity contribution in [2.75, 3.05) is 20.7 Å². The zero-order valence-electron chi connectivity index (χ0n) is 17.1. The minimum absolute atomic E-state index is 0.0161. The molecule has 1 heterocycles. The molecule has 1 N–H and O–H groups in total. The normalized spacial score (nSPS) is 20.6. The second kappa shape index (κ2) is 9.57. The van der Waals surface area contributed by atoms with E-state index < -0.39 is 24.0 Å². The van der Waals surface area contributed by atoms with Crippen molar-refractivity contribution in [3.8, 4) is 5.75 Å². The molecule has 0 aromatic heterocycles. The van der Waals surface area contributed by atoms with Crippen molar-refractivity contribution in [1.82, 2.24) is 9.80 Å². The lowest BCUT2D eigenvalue weighted by atomic mass is 9.82. The summed E-state index contributed by atoms with van der Waals surface area (Å²) in [6, 6.07) is 5.99. The number of carboxylic acid groups (broad SMARTS) is 1. The summed E-state index contributed by atoms with van der Waals surface area (Å²) in [5, 5.41) is 9.30. The topological polar surface area (TPSA) is 87.2 Å². The number of carbonyl (C=O) groups excluding carboxylic acids is 2. The van der Waals surface area contributed by atoms with Crippen LogP contribution in [0.25, 0.3) is 0 Å². The fourth-order valence-corrected chi connectivity index (χ4v) is 3.72. The number of methoxy groups -OCH3 is 1. The summed E-state index contributed by atoms with van der Waals surface area (Å²) < 4.78 is 5.50. The third-order valence-electron chi connectivity index (χ3n) is 5.52. The Morgan fingerprint density at radius 1 is 1.36 bits per heavy atom. The fraction of sp³-hybridized carbons (Fsp3) is 0.571. The van der Waals surface area contributed by atoms with Crippen LogP contribution in [0.4, 0.5) is 0 Å². The van der Waals surface area contributed by atoms with Crippen molar-refractivity contribution in [3.63, 3.8) is 0 Å². The number of likely N-dealkylation sites (N-methyl/N-ethyl adjacent to an activating group) is 1. The molecule has 1 aliphatic heterocycles. The molecule has 0 aliphatic carbocycles. The van der Waals surface area contributed by atoms with Crippen LogP contribution in [0.3, 0.4) is 0 Å². The van der Waals surface area contributed by atoms with E-state index in [-0.39, 0.29) is 18.2 Å². The van der Waals surface area contributed by atoms with Gasteiger partial charge in [-0.25, -0.2) is 4.79 Å². The lowest BCUT2D eigenvalue weighted by Crippen LogP contribution is -2.51. The van der Waals surface area contributed by atoms with E-state index in [2.05, 4.69) is 6.92 Å². The van der Waals surface area contributed by atoms with Gasteiger partial charge in [-0.05, 0) is 25.8 Å². The molecule has 0 bridgehead atoms. The molecular formula is C21H30N2O5. The van der Waals surface area contributed by atoms with Gasteiger partial charge in [0.2, 0.25) is 11.8 Å². The number of nitrogens with zero attached hydrogens (tertiary/aromatic N) is 2. The summed E-state index contributed by atoms with van der Waals surface area (Å²) in [7, 11) is 3.07. The van der Waals surface area contributed by atoms with Gasteiger partial charge in [-0.2, -0.15) is 0 Å². The molecule has 1 saturated heterocycles. The van der Waals surface area contributed by atoms with Gasteiger partial charge in [0.05, 0.1) is 19.1 Å². The molecule has 154 valence electrons. The fourth-order valence-electron chi connectivity index (χ4n) is 3.72. The number of unbranched alkanes of at least 4 members (excludes halogenated alkanes) is 1. The van der Waals surface area contributed by atoms with E-state index in [1.54, 1.807) is 12.0 Å². The maximum Gasteiger partial charge on any atom is 0.326 e. The van der Waals surface area contributed by atoms with Crippen molar-refractivity contribution < 1.29 is 24.2 Å². The SMILES string of the molecule is CCCCN1C(=O)CCC(C(=O)N(C)C(C)C(=O)O)C1c1ccccc1OC. The second-order valence-corrected chi connectivity index (χ2v) is 7.24. The van der Waals surface area contributed by atoms with Crippen molar-refractivity contribution in [2.45, 2.75) is 51.6 Å². The average Bonchev–Trinajstić information content (AvgIpc) is 2.70. The Bertz CT molecular complexity index is 721. The van der Waals surface area contributed by atoms with Crippen molar-refractivity contribution in [1.29, 1.82) is 0 Å². The summed E-state index contributed by atoms with van der Waals surface area (Å²) in [4.78, 5) is 40.4. The number of benzene rings is 1. The third kappa shape index (κ3) is 4.46. The van der Waals surface area contributed by atoms with Gasteiger partial charge in [-0.3, -0.25) is 9.59 Å². The first-order valence-corrected chi connectivity index (χ1v) is 9.75. The Morgan fingerprint density at radius 2 is 2.04 bits per heavy atom. The number of hydrogen-bond donors (Lipinski definition) is 1. The summed E-state index contributed by atoms with van der Waals surface area (Å²) in [5.41, 5.74) is 0.781. The molecule has 7 nitrogen and oxygen atoms in total. The maximum absolute atomic E-state index is 13.2. The molecule has 7 heteroatoms. The van der Waals surface area contributed by atoms with Crippen molar-refractivity contribution >= 4 is 17.8 Å². The second-order valence-electron chi connectivity index (χ2n) is 7.24. The largest absolute Gasteiger partial charge is 0.496 e. The molecule has 1 aromatic carbocycles. The van der Waals surface area contributed by atoms with Gasteiger partial charge in [0, 0.05) is 25.6 Å². The van der Waals surface area contributed by atoms with E-state index in [4.69, 9.17) is 4.74 Å². The standard InChI is InChI=1S/C21H30N2O5/c1-5-6-13-23-18(24)12-11-16(20(25)22(3)14(2)21(26)27)19(23)15-9-7-8-10-17(15)28-4/h7-10,14,16,19H,5-6,11-13H2,1-4H3,(H,26,27). The Morgan fingerprint density at radius 3 is 2.64 bits per heavy atom. The highest BCUT2D eigenvalue weighted by Crippen LogP contribution is 2.41. The zero-order valence-corrected chi connectivity index (χ0v) is 17.1. The number of hydrogen-bond acceptors (Lipinski definition) is 4. The van der Waals surface area contributed by atoms with Crippen molar-refractivity contribution in [3.05, 3.63) is 29.8 Å². The highest BCUT2D eigenvalue weighted by molar-refractivity contribution is 5.88. The van der Waals surface area contributed by atoms with Gasteiger partial charge in [0.1, 0.15) is 11.8 Å². The molecule has 3 unspecified atom stereocenters. The lowest BCUT2D eigenvalue weighted by Gasteiger charge is -2.42. The minimum Gasteiger partial charge on any atom is -0.496 e. The summed E-state index contributed by atoms with van der Waals surface area (Å²) in [6.45, 7) is 4.10. The van der Waals surface area contributed by atoms with Gasteiger partial charge >= 0.3 is 5.97 Å². The predicted molar refractivity (Wildman–Crippen MR) is 105 cm³/mol. The number of amides is 2. The highest BCUT2D eigenvalue weighted by Gasteiger charge is 2.43. The van der Waals surface area contributed by atoms with E-state index in [0.29, 0.717) is 18.7 Å². The Labute approximate surface area is 166 Å². The monoisotopic (exact) mass is 390 g/mol. The van der Waals surface area contributed by atoms with Crippen LogP contribution in [0.5, 0.6) is 5.75 Å². The first kappa shape index (κ1) is 21.7. The lowest BCUT2D eigenvalue weighted by molar-refractivity contribution is -0.155. The van der Waals surface area contributed by atoms with Crippen LogP contribution in [0.1, 0.15) is 51.1 Å². The van der Waals surface area contributed by atoms with Crippen LogP contribution < -0.4 is 4.74 Å². The van der Waals surface area contributed by atoms with Crippen LogP contribution in [0, 0.1) is 5.92 Å². The number of para-hydroxylation sites is 1. The quantitative estimate of drug-likeness (QED) is 0.737. The van der Waals surface area contributed by atoms with E-state index in [0.717, 1.165) is 18.4 Å². The maximum atomic E-state index is 13.2. The van der Waals surface area contributed by atoms with E-state index >= 15 is 0 Å². The number of aliphatic carboxylic acids is 1. The van der Waals surface area contributed by atoms with Crippen LogP contribution in [-0.2, 0) is 14.4 Å². The minimum atomic E-state index is -1.06. The molecular weight excluding hydrogens is 360 g/mol. The Hall–Kier alpha value is -2.57. The molecule has 0 spiro atoms. The molecule has 0 saturated carbocycles. The summed E-state index contributed by atoms with van der Waals surface area (Å²) in [6.07, 6.45) is 2.43. The molecule has 1 aromatic rings. The molecule has 28 heavy (non-hydrogen) atoms. The Kier molecular flexibility index (Phi) is 7.43. The molecule has 0 radical (unpaired) electrons. The van der Waals surface area contributed by atoms with Gasteiger partial charge in [0.15, 0.2) is 0 Å². The van der Waals surface area contributed by atoms with E-state index in [1.807, 2.05) is 24.3 Å². The first-order valence-electron chi connectivity index (χ1n) is 9.75. The van der Waals surface area contributed by atoms with Gasteiger partial charge < -0.3 is 19.6 Å². The van der Waals surface area contributed by atoms with Gasteiger partial charge in [-0.15, -0.1) is 0 Å². The van der Waals surface area contributed by atoms with E-state index in [1.165, 1.54) is 18.9 Å². The number of likely N-dealkylation sites (tertiary alicyclic amines) is 1. The number of piperidine rings is 1. The number of carboxylic acids is 1. The van der Waals surface area contributed by atoms with Gasteiger partial charge in [0.25, 0.3) is 0 Å². The summed E-state index contributed by atoms with van der Waals surface area (Å²) >= 11 is 0. The molecule has 2 amide bonds. The van der Waals surface area contributed by atoms with Crippen LogP contribution in [0.2, 0.25) is 0 Å². The first-order chi connectivity index (χ1) is 13.3. The molecule has 2 rings (SSSR count). The highest BCUT2D eigenvalue weighted by atomic mass is 16.5. The van der Waals surface area contributed by atoms with Crippen molar-refractivity contribution in [2.24, 2.45) is 5.92 Å².